The third-order valence-electron chi connectivity index (χ3n) is 6.76. The Morgan fingerprint density at radius 1 is 1.19 bits per heavy atom. The molecule has 2 aromatic rings. The number of hydrogen-bond donors (Lipinski definition) is 0. The van der Waals surface area contributed by atoms with E-state index in [2.05, 4.69) is 19.6 Å². The average molecular weight is 488 g/mol. The van der Waals surface area contributed by atoms with E-state index in [0.717, 1.165) is 30.4 Å². The first-order valence-corrected chi connectivity index (χ1v) is 12.0. The third-order valence-corrected chi connectivity index (χ3v) is 6.76. The molecule has 0 aromatic heterocycles. The largest absolute Gasteiger partial charge is 0.423 e. The van der Waals surface area contributed by atoms with Crippen molar-refractivity contribution >= 4 is 17.6 Å². The number of allylic oxidation sites excluding steroid dienone is 4. The van der Waals surface area contributed by atoms with Gasteiger partial charge in [-0.25, -0.2) is 9.59 Å². The summed E-state index contributed by atoms with van der Waals surface area (Å²) in [7, 11) is 0. The Kier molecular flexibility index (Phi) is 7.20. The standard InChI is InChI=1S/C29H29NO6/c1-17(2)23-14-11-18(3)7-5-9-20-12-13-21-15-22(16-24(23)27(21)36-28(20)31)35-29(32)26-19(4)8-6-10-25(26)30(33)34/h6-8,10,12,15-16,23H,1,5,9,11,13-14H2,2-4H3/b18-7-/t23-/m0/s1. The Morgan fingerprint density at radius 2 is 1.97 bits per heavy atom. The summed E-state index contributed by atoms with van der Waals surface area (Å²) in [6.45, 7) is 9.83. The zero-order valence-electron chi connectivity index (χ0n) is 20.8. The number of nitro groups is 1. The maximum atomic E-state index is 13.1. The summed E-state index contributed by atoms with van der Waals surface area (Å²) in [5.41, 5.74) is 4.24. The molecule has 2 aliphatic rings. The number of esters is 2. The molecule has 0 saturated heterocycles. The van der Waals surface area contributed by atoms with Gasteiger partial charge in [-0.3, -0.25) is 10.1 Å². The highest BCUT2D eigenvalue weighted by molar-refractivity contribution is 5.97. The van der Waals surface area contributed by atoms with Gasteiger partial charge in [-0.15, -0.1) is 0 Å². The van der Waals surface area contributed by atoms with E-state index in [0.29, 0.717) is 35.3 Å². The SMILES string of the molecule is C=C(C)[C@@H]1CC/C(C)=C\CCC2=CCc3cc(OC(=O)c4c(C)cccc4[N+](=O)[O-])cc1c3OC2=O. The minimum absolute atomic E-state index is 0.0873. The molecule has 0 amide bonds. The van der Waals surface area contributed by atoms with Crippen molar-refractivity contribution < 1.29 is 24.0 Å². The van der Waals surface area contributed by atoms with E-state index in [1.165, 1.54) is 17.7 Å². The molecule has 7 nitrogen and oxygen atoms in total. The van der Waals surface area contributed by atoms with Crippen LogP contribution in [-0.4, -0.2) is 16.9 Å². The van der Waals surface area contributed by atoms with Crippen molar-refractivity contribution in [1.82, 2.24) is 0 Å². The first kappa shape index (κ1) is 25.1. The first-order chi connectivity index (χ1) is 17.2. The fourth-order valence-corrected chi connectivity index (χ4v) is 4.80. The van der Waals surface area contributed by atoms with Crippen LogP contribution < -0.4 is 9.47 Å². The molecular weight excluding hydrogens is 458 g/mol. The van der Waals surface area contributed by atoms with Crippen LogP contribution in [0, 0.1) is 17.0 Å². The van der Waals surface area contributed by atoms with Crippen LogP contribution in [0.4, 0.5) is 5.69 Å². The number of rotatable bonds is 4. The van der Waals surface area contributed by atoms with E-state index in [1.54, 1.807) is 25.1 Å². The fourth-order valence-electron chi connectivity index (χ4n) is 4.80. The highest BCUT2D eigenvalue weighted by atomic mass is 16.6. The predicted octanol–water partition coefficient (Wildman–Crippen LogP) is 6.69. The molecule has 0 unspecified atom stereocenters. The number of carbonyl (C=O) groups excluding carboxylic acids is 2. The lowest BCUT2D eigenvalue weighted by atomic mass is 9.85. The van der Waals surface area contributed by atoms with Crippen molar-refractivity contribution in [3.05, 3.63) is 98.2 Å². The molecule has 0 saturated carbocycles. The summed E-state index contributed by atoms with van der Waals surface area (Å²) < 4.78 is 11.6. The van der Waals surface area contributed by atoms with Gasteiger partial charge in [-0.2, -0.15) is 0 Å². The lowest BCUT2D eigenvalue weighted by molar-refractivity contribution is -0.385. The van der Waals surface area contributed by atoms with Crippen LogP contribution in [0.1, 0.15) is 72.5 Å². The van der Waals surface area contributed by atoms with E-state index in [4.69, 9.17) is 9.47 Å². The topological polar surface area (TPSA) is 95.7 Å². The minimum atomic E-state index is -0.809. The van der Waals surface area contributed by atoms with Gasteiger partial charge in [-0.05, 0) is 70.6 Å². The first-order valence-electron chi connectivity index (χ1n) is 12.0. The second-order valence-corrected chi connectivity index (χ2v) is 9.47. The zero-order chi connectivity index (χ0) is 26.0. The molecule has 1 atom stereocenters. The Bertz CT molecular complexity index is 1330. The molecular formula is C29H29NO6. The number of carbonyl (C=O) groups is 2. The highest BCUT2D eigenvalue weighted by Crippen LogP contribution is 2.42. The fraction of sp³-hybridized carbons (Fsp3) is 0.310. The zero-order valence-corrected chi connectivity index (χ0v) is 20.8. The van der Waals surface area contributed by atoms with Crippen LogP contribution in [0.15, 0.2) is 65.8 Å². The van der Waals surface area contributed by atoms with Gasteiger partial charge in [0.05, 0.1) is 4.92 Å². The molecule has 2 aliphatic heterocycles. The monoisotopic (exact) mass is 487 g/mol. The lowest BCUT2D eigenvalue weighted by Gasteiger charge is -2.23. The Hall–Kier alpha value is -4.00. The molecule has 4 rings (SSSR count). The van der Waals surface area contributed by atoms with Crippen LogP contribution in [0.5, 0.6) is 11.5 Å². The van der Waals surface area contributed by atoms with Gasteiger partial charge in [0.25, 0.3) is 5.69 Å². The Labute approximate surface area is 210 Å². The lowest BCUT2D eigenvalue weighted by Crippen LogP contribution is -2.15. The maximum absolute atomic E-state index is 13.1. The van der Waals surface area contributed by atoms with Gasteiger partial charge in [-0.1, -0.05) is 42.0 Å². The van der Waals surface area contributed by atoms with E-state index < -0.39 is 10.9 Å². The summed E-state index contributed by atoms with van der Waals surface area (Å²) >= 11 is 0. The van der Waals surface area contributed by atoms with E-state index in [1.807, 2.05) is 13.0 Å². The molecule has 2 heterocycles. The molecule has 186 valence electrons. The third kappa shape index (κ3) is 5.15. The molecule has 0 aliphatic carbocycles. The van der Waals surface area contributed by atoms with Gasteiger partial charge in [0.2, 0.25) is 0 Å². The second kappa shape index (κ2) is 10.3. The van der Waals surface area contributed by atoms with Crippen molar-refractivity contribution in [2.75, 3.05) is 0 Å². The molecule has 36 heavy (non-hydrogen) atoms. The summed E-state index contributed by atoms with van der Waals surface area (Å²) in [5, 5.41) is 11.5. The van der Waals surface area contributed by atoms with Gasteiger partial charge in [0.1, 0.15) is 17.1 Å². The Balaban J connectivity index is 1.82. The van der Waals surface area contributed by atoms with E-state index in [-0.39, 0.29) is 28.9 Å². The summed E-state index contributed by atoms with van der Waals surface area (Å²) in [6.07, 6.45) is 7.40. The van der Waals surface area contributed by atoms with Crippen molar-refractivity contribution in [3.63, 3.8) is 0 Å². The number of ether oxygens (including phenoxy) is 2. The second-order valence-electron chi connectivity index (χ2n) is 9.47. The van der Waals surface area contributed by atoms with Crippen LogP contribution in [0.2, 0.25) is 0 Å². The van der Waals surface area contributed by atoms with Crippen molar-refractivity contribution in [2.45, 2.75) is 58.8 Å². The number of nitro benzene ring substituents is 1. The number of fused-ring (bicyclic) bond motifs is 2. The molecule has 2 bridgehead atoms. The minimum Gasteiger partial charge on any atom is -0.423 e. The maximum Gasteiger partial charge on any atom is 0.350 e. The van der Waals surface area contributed by atoms with E-state index >= 15 is 0 Å². The number of nitrogens with zero attached hydrogens (tertiary/aromatic N) is 1. The number of hydrogen-bond acceptors (Lipinski definition) is 6. The van der Waals surface area contributed by atoms with Gasteiger partial charge in [0, 0.05) is 28.7 Å². The van der Waals surface area contributed by atoms with Crippen LogP contribution in [0.25, 0.3) is 0 Å². The van der Waals surface area contributed by atoms with Crippen LogP contribution in [-0.2, 0) is 11.2 Å². The summed E-state index contributed by atoms with van der Waals surface area (Å²) in [6, 6.07) is 7.82. The van der Waals surface area contributed by atoms with Gasteiger partial charge >= 0.3 is 11.9 Å². The number of aryl methyl sites for hydroxylation is 1. The van der Waals surface area contributed by atoms with Crippen molar-refractivity contribution in [3.8, 4) is 11.5 Å². The molecule has 0 radical (unpaired) electrons. The molecule has 0 fully saturated rings. The quantitative estimate of drug-likeness (QED) is 0.157. The van der Waals surface area contributed by atoms with Crippen LogP contribution >= 0.6 is 0 Å². The van der Waals surface area contributed by atoms with Gasteiger partial charge in [0.15, 0.2) is 0 Å². The predicted molar refractivity (Wildman–Crippen MR) is 136 cm³/mol. The molecule has 0 spiro atoms. The Morgan fingerprint density at radius 3 is 2.69 bits per heavy atom. The molecule has 7 heteroatoms. The smallest absolute Gasteiger partial charge is 0.350 e. The van der Waals surface area contributed by atoms with Crippen LogP contribution in [0.3, 0.4) is 0 Å². The summed E-state index contributed by atoms with van der Waals surface area (Å²) in [4.78, 5) is 37.0. The molecule has 0 N–H and O–H groups in total. The van der Waals surface area contributed by atoms with E-state index in [9.17, 15) is 19.7 Å². The highest BCUT2D eigenvalue weighted by Gasteiger charge is 2.29. The van der Waals surface area contributed by atoms with Crippen molar-refractivity contribution in [2.24, 2.45) is 0 Å². The van der Waals surface area contributed by atoms with Gasteiger partial charge < -0.3 is 9.47 Å². The van der Waals surface area contributed by atoms with Crippen molar-refractivity contribution in [1.29, 1.82) is 0 Å². The molecule has 2 aromatic carbocycles. The normalized spacial score (nSPS) is 19.0. The summed E-state index contributed by atoms with van der Waals surface area (Å²) in [5.74, 6) is -0.600. The number of benzene rings is 2. The average Bonchev–Trinajstić information content (AvgIpc) is 2.96.